The summed E-state index contributed by atoms with van der Waals surface area (Å²) in [5, 5.41) is 22.2. The molecule has 0 aliphatic carbocycles. The average molecular weight is 221 g/mol. The van der Waals surface area contributed by atoms with Crippen LogP contribution in [0, 0.1) is 21.4 Å². The van der Waals surface area contributed by atoms with Crippen LogP contribution in [-0.2, 0) is 0 Å². The fourth-order valence-electron chi connectivity index (χ4n) is 1.11. The quantitative estimate of drug-likeness (QED) is 0.456. The van der Waals surface area contributed by atoms with E-state index in [4.69, 9.17) is 10.00 Å². The minimum Gasteiger partial charge on any atom is -0.485 e. The van der Waals surface area contributed by atoms with Crippen LogP contribution in [0.4, 0.5) is 5.69 Å². The molecule has 0 aliphatic rings. The molecule has 1 rings (SSSR count). The van der Waals surface area contributed by atoms with Crippen LogP contribution in [0.15, 0.2) is 18.2 Å². The molecule has 1 aromatic rings. The second-order valence-corrected chi connectivity index (χ2v) is 3.00. The lowest BCUT2D eigenvalue weighted by Gasteiger charge is -2.06. The third-order valence-electron chi connectivity index (χ3n) is 1.89. The van der Waals surface area contributed by atoms with Gasteiger partial charge >= 0.3 is 5.69 Å². The van der Waals surface area contributed by atoms with Gasteiger partial charge in [0.15, 0.2) is 5.75 Å². The van der Waals surface area contributed by atoms with Gasteiger partial charge in [0.1, 0.15) is 6.61 Å². The van der Waals surface area contributed by atoms with Gasteiger partial charge in [0, 0.05) is 12.6 Å². The number of hydrogen-bond donors (Lipinski definition) is 1. The molecule has 0 unspecified atom stereocenters. The molecular weight excluding hydrogens is 210 g/mol. The summed E-state index contributed by atoms with van der Waals surface area (Å²) < 4.78 is 5.22. The summed E-state index contributed by atoms with van der Waals surface area (Å²) in [4.78, 5) is 10.2. The van der Waals surface area contributed by atoms with Gasteiger partial charge in [0.25, 0.3) is 0 Å². The predicted molar refractivity (Wildman–Crippen MR) is 57.2 cm³/mol. The van der Waals surface area contributed by atoms with Crippen molar-refractivity contribution in [3.05, 3.63) is 33.9 Å². The van der Waals surface area contributed by atoms with Crippen LogP contribution >= 0.6 is 0 Å². The second-order valence-electron chi connectivity index (χ2n) is 3.00. The maximum absolute atomic E-state index is 10.7. The van der Waals surface area contributed by atoms with E-state index < -0.39 is 4.92 Å². The van der Waals surface area contributed by atoms with Gasteiger partial charge in [0.05, 0.1) is 16.6 Å². The van der Waals surface area contributed by atoms with E-state index in [1.54, 1.807) is 7.05 Å². The van der Waals surface area contributed by atoms with E-state index >= 15 is 0 Å². The Hall–Kier alpha value is -2.13. The highest BCUT2D eigenvalue weighted by Gasteiger charge is 2.15. The van der Waals surface area contributed by atoms with Crippen molar-refractivity contribution in [2.24, 2.45) is 0 Å². The number of rotatable bonds is 5. The third-order valence-corrected chi connectivity index (χ3v) is 1.89. The van der Waals surface area contributed by atoms with Gasteiger partial charge in [0.2, 0.25) is 0 Å². The maximum atomic E-state index is 10.7. The van der Waals surface area contributed by atoms with Crippen LogP contribution in [-0.4, -0.2) is 25.1 Å². The van der Waals surface area contributed by atoms with Crippen LogP contribution in [0.3, 0.4) is 0 Å². The first kappa shape index (κ1) is 11.9. The fourth-order valence-corrected chi connectivity index (χ4v) is 1.11. The summed E-state index contributed by atoms with van der Waals surface area (Å²) in [7, 11) is 1.76. The number of likely N-dealkylation sites (N-methyl/N-ethyl adjacent to an activating group) is 1. The van der Waals surface area contributed by atoms with E-state index in [2.05, 4.69) is 5.32 Å². The van der Waals surface area contributed by atoms with Crippen molar-refractivity contribution in [2.45, 2.75) is 0 Å². The standard InChI is InChI=1S/C10H11N3O3/c1-12-4-5-16-10-3-2-8(7-11)6-9(10)13(14)15/h2-3,6,12H,4-5H2,1H3. The summed E-state index contributed by atoms with van der Waals surface area (Å²) in [6, 6.07) is 5.97. The molecule has 0 atom stereocenters. The van der Waals surface area contributed by atoms with E-state index in [1.807, 2.05) is 6.07 Å². The average Bonchev–Trinajstić information content (AvgIpc) is 2.29. The van der Waals surface area contributed by atoms with Crippen LogP contribution in [0.25, 0.3) is 0 Å². The lowest BCUT2D eigenvalue weighted by molar-refractivity contribution is -0.385. The zero-order valence-corrected chi connectivity index (χ0v) is 8.77. The summed E-state index contributed by atoms with van der Waals surface area (Å²) in [6.07, 6.45) is 0. The van der Waals surface area contributed by atoms with Crippen molar-refractivity contribution in [1.82, 2.24) is 5.32 Å². The molecule has 0 amide bonds. The van der Waals surface area contributed by atoms with E-state index in [0.29, 0.717) is 13.2 Å². The fraction of sp³-hybridized carbons (Fsp3) is 0.300. The summed E-state index contributed by atoms with van der Waals surface area (Å²) in [6.45, 7) is 0.931. The maximum Gasteiger partial charge on any atom is 0.312 e. The van der Waals surface area contributed by atoms with Crippen LogP contribution in [0.1, 0.15) is 5.56 Å². The van der Waals surface area contributed by atoms with E-state index in [-0.39, 0.29) is 17.0 Å². The molecule has 0 heterocycles. The zero-order chi connectivity index (χ0) is 12.0. The smallest absolute Gasteiger partial charge is 0.312 e. The topological polar surface area (TPSA) is 88.2 Å². The number of nitrogens with one attached hydrogen (secondary N) is 1. The Balaban J connectivity index is 2.91. The van der Waals surface area contributed by atoms with Crippen LogP contribution in [0.2, 0.25) is 0 Å². The normalized spacial score (nSPS) is 9.50. The molecule has 0 aliphatic heterocycles. The van der Waals surface area contributed by atoms with Gasteiger partial charge in [-0.05, 0) is 19.2 Å². The zero-order valence-electron chi connectivity index (χ0n) is 8.77. The lowest BCUT2D eigenvalue weighted by atomic mass is 10.2. The second kappa shape index (κ2) is 5.68. The predicted octanol–water partition coefficient (Wildman–Crippen LogP) is 1.06. The van der Waals surface area contributed by atoms with Gasteiger partial charge in [-0.2, -0.15) is 5.26 Å². The largest absolute Gasteiger partial charge is 0.485 e. The number of hydrogen-bond acceptors (Lipinski definition) is 5. The highest BCUT2D eigenvalue weighted by Crippen LogP contribution is 2.27. The van der Waals surface area contributed by atoms with Crippen molar-refractivity contribution < 1.29 is 9.66 Å². The number of benzene rings is 1. The van der Waals surface area contributed by atoms with E-state index in [1.165, 1.54) is 18.2 Å². The van der Waals surface area contributed by atoms with Gasteiger partial charge < -0.3 is 10.1 Å². The summed E-state index contributed by atoms with van der Waals surface area (Å²) in [5.41, 5.74) is 0.0582. The van der Waals surface area contributed by atoms with Gasteiger partial charge in [-0.15, -0.1) is 0 Å². The number of ether oxygens (including phenoxy) is 1. The third kappa shape index (κ3) is 2.93. The molecule has 0 saturated carbocycles. The molecule has 1 aromatic carbocycles. The minimum atomic E-state index is -0.560. The Bertz CT molecular complexity index is 426. The molecule has 0 aromatic heterocycles. The Morgan fingerprint density at radius 2 is 2.38 bits per heavy atom. The van der Waals surface area contributed by atoms with E-state index in [0.717, 1.165) is 0 Å². The molecule has 0 radical (unpaired) electrons. The first-order valence-corrected chi connectivity index (χ1v) is 4.65. The number of nitro benzene ring substituents is 1. The number of nitrogens with zero attached hydrogens (tertiary/aromatic N) is 2. The summed E-state index contributed by atoms with van der Waals surface area (Å²) in [5.74, 6) is 0.180. The van der Waals surface area contributed by atoms with Crippen molar-refractivity contribution in [2.75, 3.05) is 20.2 Å². The molecule has 6 nitrogen and oxygen atoms in total. The molecule has 16 heavy (non-hydrogen) atoms. The van der Waals surface area contributed by atoms with Gasteiger partial charge in [-0.1, -0.05) is 0 Å². The first-order chi connectivity index (χ1) is 7.69. The molecule has 1 N–H and O–H groups in total. The highest BCUT2D eigenvalue weighted by atomic mass is 16.6. The van der Waals surface area contributed by atoms with Crippen LogP contribution < -0.4 is 10.1 Å². The van der Waals surface area contributed by atoms with Crippen molar-refractivity contribution in [3.8, 4) is 11.8 Å². The molecule has 0 fully saturated rings. The Morgan fingerprint density at radius 1 is 1.62 bits per heavy atom. The monoisotopic (exact) mass is 221 g/mol. The molecule has 0 spiro atoms. The van der Waals surface area contributed by atoms with Gasteiger partial charge in [-0.25, -0.2) is 0 Å². The Kier molecular flexibility index (Phi) is 4.24. The van der Waals surface area contributed by atoms with E-state index in [9.17, 15) is 10.1 Å². The summed E-state index contributed by atoms with van der Waals surface area (Å²) >= 11 is 0. The van der Waals surface area contributed by atoms with Crippen molar-refractivity contribution in [3.63, 3.8) is 0 Å². The molecule has 6 heteroatoms. The minimum absolute atomic E-state index is 0.180. The number of nitriles is 1. The van der Waals surface area contributed by atoms with Crippen LogP contribution in [0.5, 0.6) is 5.75 Å². The SMILES string of the molecule is CNCCOc1ccc(C#N)cc1[N+](=O)[O-]. The lowest BCUT2D eigenvalue weighted by Crippen LogP contribution is -2.16. The molecule has 84 valence electrons. The Labute approximate surface area is 92.6 Å². The molecule has 0 saturated heterocycles. The van der Waals surface area contributed by atoms with Crippen molar-refractivity contribution in [1.29, 1.82) is 5.26 Å². The van der Waals surface area contributed by atoms with Gasteiger partial charge in [-0.3, -0.25) is 10.1 Å². The number of nitro groups is 1. The first-order valence-electron chi connectivity index (χ1n) is 4.65. The highest BCUT2D eigenvalue weighted by molar-refractivity contribution is 5.51. The molecule has 0 bridgehead atoms. The molecular formula is C10H11N3O3. The van der Waals surface area contributed by atoms with Crippen molar-refractivity contribution >= 4 is 5.69 Å². The Morgan fingerprint density at radius 3 is 2.94 bits per heavy atom.